The molecule has 0 saturated heterocycles. The van der Waals surface area contributed by atoms with Gasteiger partial charge in [-0.1, -0.05) is 57.2 Å². The number of benzene rings is 2. The fourth-order valence-corrected chi connectivity index (χ4v) is 3.55. The van der Waals surface area contributed by atoms with Crippen LogP contribution in [0.4, 0.5) is 5.95 Å². The lowest BCUT2D eigenvalue weighted by atomic mass is 9.96. The zero-order valence-corrected chi connectivity index (χ0v) is 18.2. The molecule has 0 amide bonds. The van der Waals surface area contributed by atoms with Gasteiger partial charge in [-0.15, -0.1) is 11.8 Å². The molecular formula is C24H26N4S. The van der Waals surface area contributed by atoms with E-state index in [4.69, 9.17) is 0 Å². The van der Waals surface area contributed by atoms with Crippen LogP contribution >= 0.6 is 11.8 Å². The van der Waals surface area contributed by atoms with Crippen molar-refractivity contribution in [2.75, 3.05) is 17.7 Å². The number of nitriles is 1. The average Bonchev–Trinajstić information content (AvgIpc) is 2.73. The largest absolute Gasteiger partial charge is 0.336 e. The summed E-state index contributed by atoms with van der Waals surface area (Å²) < 4.78 is 0. The van der Waals surface area contributed by atoms with Crippen molar-refractivity contribution in [2.24, 2.45) is 5.41 Å². The quantitative estimate of drug-likeness (QED) is 0.489. The molecule has 0 radical (unpaired) electrons. The highest BCUT2D eigenvalue weighted by Crippen LogP contribution is 2.25. The van der Waals surface area contributed by atoms with Crippen molar-refractivity contribution in [3.05, 3.63) is 72.1 Å². The van der Waals surface area contributed by atoms with E-state index in [0.29, 0.717) is 18.2 Å². The lowest BCUT2D eigenvalue weighted by molar-refractivity contribution is 0.406. The molecule has 0 aliphatic heterocycles. The molecule has 0 unspecified atom stereocenters. The van der Waals surface area contributed by atoms with E-state index in [2.05, 4.69) is 96.5 Å². The smallest absolute Gasteiger partial charge is 0.226 e. The standard InChI is InChI=1S/C24H26N4S/c1-24(2,3)17-28(23-26-14-13-21(15-25)27-23)16-18-5-7-19(8-6-18)20-9-11-22(29-4)12-10-20/h5-14H,16-17H2,1-4H3. The van der Waals surface area contributed by atoms with Gasteiger partial charge in [-0.2, -0.15) is 5.26 Å². The third-order valence-electron chi connectivity index (χ3n) is 4.46. The first-order valence-electron chi connectivity index (χ1n) is 9.59. The van der Waals surface area contributed by atoms with E-state index in [1.54, 1.807) is 24.0 Å². The van der Waals surface area contributed by atoms with Crippen LogP contribution in [0.1, 0.15) is 32.0 Å². The van der Waals surface area contributed by atoms with Crippen molar-refractivity contribution in [3.8, 4) is 17.2 Å². The number of rotatable bonds is 6. The molecule has 1 heterocycles. The SMILES string of the molecule is CSc1ccc(-c2ccc(CN(CC(C)(C)C)c3nccc(C#N)n3)cc2)cc1. The van der Waals surface area contributed by atoms with Gasteiger partial charge in [-0.3, -0.25) is 0 Å². The van der Waals surface area contributed by atoms with Crippen molar-refractivity contribution in [2.45, 2.75) is 32.2 Å². The monoisotopic (exact) mass is 402 g/mol. The maximum Gasteiger partial charge on any atom is 0.226 e. The van der Waals surface area contributed by atoms with Crippen molar-refractivity contribution in [1.82, 2.24) is 9.97 Å². The molecule has 3 aromatic rings. The minimum Gasteiger partial charge on any atom is -0.336 e. The van der Waals surface area contributed by atoms with E-state index in [1.165, 1.54) is 21.6 Å². The number of thioether (sulfide) groups is 1. The lowest BCUT2D eigenvalue weighted by Crippen LogP contribution is -2.33. The molecule has 5 heteroatoms. The van der Waals surface area contributed by atoms with Crippen LogP contribution in [0, 0.1) is 16.7 Å². The molecule has 0 N–H and O–H groups in total. The van der Waals surface area contributed by atoms with Crippen molar-refractivity contribution >= 4 is 17.7 Å². The van der Waals surface area contributed by atoms with E-state index >= 15 is 0 Å². The Balaban J connectivity index is 1.82. The van der Waals surface area contributed by atoms with E-state index in [-0.39, 0.29) is 5.41 Å². The second-order valence-corrected chi connectivity index (χ2v) is 9.08. The lowest BCUT2D eigenvalue weighted by Gasteiger charge is -2.30. The summed E-state index contributed by atoms with van der Waals surface area (Å²) in [6.45, 7) is 8.05. The van der Waals surface area contributed by atoms with Gasteiger partial charge < -0.3 is 4.90 Å². The zero-order chi connectivity index (χ0) is 20.9. The van der Waals surface area contributed by atoms with Crippen LogP contribution in [0.25, 0.3) is 11.1 Å². The molecular weight excluding hydrogens is 376 g/mol. The second-order valence-electron chi connectivity index (χ2n) is 8.20. The zero-order valence-electron chi connectivity index (χ0n) is 17.4. The number of nitrogens with zero attached hydrogens (tertiary/aromatic N) is 4. The fraction of sp³-hybridized carbons (Fsp3) is 0.292. The highest BCUT2D eigenvalue weighted by atomic mass is 32.2. The van der Waals surface area contributed by atoms with Gasteiger partial charge in [0, 0.05) is 24.2 Å². The summed E-state index contributed by atoms with van der Waals surface area (Å²) in [5.41, 5.74) is 4.06. The van der Waals surface area contributed by atoms with Crippen LogP contribution in [0.15, 0.2) is 65.7 Å². The normalized spacial score (nSPS) is 11.1. The Kier molecular flexibility index (Phi) is 6.56. The molecule has 0 atom stereocenters. The summed E-state index contributed by atoms with van der Waals surface area (Å²) in [5, 5.41) is 9.18. The Labute approximate surface area is 177 Å². The van der Waals surface area contributed by atoms with Gasteiger partial charge in [0.15, 0.2) is 0 Å². The van der Waals surface area contributed by atoms with E-state index in [1.807, 2.05) is 0 Å². The highest BCUT2D eigenvalue weighted by Gasteiger charge is 2.19. The van der Waals surface area contributed by atoms with Gasteiger partial charge in [-0.25, -0.2) is 9.97 Å². The summed E-state index contributed by atoms with van der Waals surface area (Å²) >= 11 is 1.75. The summed E-state index contributed by atoms with van der Waals surface area (Å²) in [6, 6.07) is 21.0. The maximum atomic E-state index is 9.18. The highest BCUT2D eigenvalue weighted by molar-refractivity contribution is 7.98. The molecule has 0 aliphatic carbocycles. The minimum atomic E-state index is 0.0744. The maximum absolute atomic E-state index is 9.18. The molecule has 0 spiro atoms. The molecule has 148 valence electrons. The number of hydrogen-bond donors (Lipinski definition) is 0. The minimum absolute atomic E-state index is 0.0744. The van der Waals surface area contributed by atoms with Crippen LogP contribution in [-0.4, -0.2) is 22.8 Å². The summed E-state index contributed by atoms with van der Waals surface area (Å²) in [5.74, 6) is 0.593. The molecule has 29 heavy (non-hydrogen) atoms. The number of hydrogen-bond acceptors (Lipinski definition) is 5. The van der Waals surface area contributed by atoms with E-state index in [9.17, 15) is 5.26 Å². The topological polar surface area (TPSA) is 52.8 Å². The Morgan fingerprint density at radius 3 is 2.14 bits per heavy atom. The number of anilines is 1. The average molecular weight is 403 g/mol. The fourth-order valence-electron chi connectivity index (χ4n) is 3.14. The Hall–Kier alpha value is -2.84. The first-order chi connectivity index (χ1) is 13.9. The van der Waals surface area contributed by atoms with Gasteiger partial charge in [-0.05, 0) is 46.6 Å². The third kappa shape index (κ3) is 5.82. The van der Waals surface area contributed by atoms with Crippen molar-refractivity contribution in [3.63, 3.8) is 0 Å². The van der Waals surface area contributed by atoms with Gasteiger partial charge in [0.2, 0.25) is 5.95 Å². The molecule has 0 bridgehead atoms. The van der Waals surface area contributed by atoms with Crippen LogP contribution in [0.3, 0.4) is 0 Å². The Bertz CT molecular complexity index is 983. The van der Waals surface area contributed by atoms with Crippen molar-refractivity contribution < 1.29 is 0 Å². The first kappa shape index (κ1) is 20.9. The van der Waals surface area contributed by atoms with Crippen LogP contribution in [0.2, 0.25) is 0 Å². The molecule has 1 aromatic heterocycles. The molecule has 0 aliphatic rings. The molecule has 3 rings (SSSR count). The Morgan fingerprint density at radius 2 is 1.59 bits per heavy atom. The van der Waals surface area contributed by atoms with Crippen LogP contribution < -0.4 is 4.90 Å². The second kappa shape index (κ2) is 9.11. The number of aromatic nitrogens is 2. The van der Waals surface area contributed by atoms with Gasteiger partial charge >= 0.3 is 0 Å². The molecule has 0 fully saturated rings. The van der Waals surface area contributed by atoms with E-state index in [0.717, 1.165) is 6.54 Å². The first-order valence-corrected chi connectivity index (χ1v) is 10.8. The summed E-state index contributed by atoms with van der Waals surface area (Å²) in [7, 11) is 0. The Morgan fingerprint density at radius 1 is 0.966 bits per heavy atom. The van der Waals surface area contributed by atoms with Crippen molar-refractivity contribution in [1.29, 1.82) is 5.26 Å². The van der Waals surface area contributed by atoms with Gasteiger partial charge in [0.25, 0.3) is 0 Å². The molecule has 2 aromatic carbocycles. The van der Waals surface area contributed by atoms with E-state index < -0.39 is 0 Å². The van der Waals surface area contributed by atoms with Crippen LogP contribution in [-0.2, 0) is 6.54 Å². The molecule has 0 saturated carbocycles. The van der Waals surface area contributed by atoms with Gasteiger partial charge in [0.05, 0.1) is 0 Å². The molecule has 4 nitrogen and oxygen atoms in total. The summed E-state index contributed by atoms with van der Waals surface area (Å²) in [6.07, 6.45) is 3.74. The van der Waals surface area contributed by atoms with Gasteiger partial charge in [0.1, 0.15) is 11.8 Å². The summed E-state index contributed by atoms with van der Waals surface area (Å²) in [4.78, 5) is 12.2. The van der Waals surface area contributed by atoms with Crippen LogP contribution in [0.5, 0.6) is 0 Å². The third-order valence-corrected chi connectivity index (χ3v) is 5.20. The predicted molar refractivity (Wildman–Crippen MR) is 121 cm³/mol. The predicted octanol–water partition coefficient (Wildman–Crippen LogP) is 5.79.